The van der Waals surface area contributed by atoms with Crippen molar-refractivity contribution in [3.8, 4) is 5.88 Å². The fourth-order valence-corrected chi connectivity index (χ4v) is 1.63. The van der Waals surface area contributed by atoms with Crippen LogP contribution in [0.25, 0.3) is 5.65 Å². The molecule has 0 aromatic carbocycles. The average Bonchev–Trinajstić information content (AvgIpc) is 2.84. The van der Waals surface area contributed by atoms with Crippen LogP contribution in [0.3, 0.4) is 0 Å². The van der Waals surface area contributed by atoms with Crippen LogP contribution in [0.15, 0.2) is 18.6 Å². The van der Waals surface area contributed by atoms with Gasteiger partial charge in [-0.3, -0.25) is 4.40 Å². The fourth-order valence-electron chi connectivity index (χ4n) is 1.63. The summed E-state index contributed by atoms with van der Waals surface area (Å²) in [5, 5.41) is 3.28. The second kappa shape index (κ2) is 5.91. The molecule has 2 aromatic rings. The summed E-state index contributed by atoms with van der Waals surface area (Å²) in [6.45, 7) is 9.34. The predicted octanol–water partition coefficient (Wildman–Crippen LogP) is 2.97. The SMILES string of the molecule is CCCNc1cn2ccnc2c(OC(C)C(C)C)n1. The van der Waals surface area contributed by atoms with E-state index < -0.39 is 0 Å². The van der Waals surface area contributed by atoms with Crippen LogP contribution in [0.5, 0.6) is 5.88 Å². The Morgan fingerprint density at radius 2 is 2.16 bits per heavy atom. The molecule has 1 unspecified atom stereocenters. The highest BCUT2D eigenvalue weighted by molar-refractivity contribution is 5.53. The summed E-state index contributed by atoms with van der Waals surface area (Å²) < 4.78 is 7.87. The second-order valence-electron chi connectivity index (χ2n) is 5.08. The molecule has 1 atom stereocenters. The van der Waals surface area contributed by atoms with E-state index in [-0.39, 0.29) is 6.10 Å². The summed E-state index contributed by atoms with van der Waals surface area (Å²) >= 11 is 0. The molecule has 0 aliphatic rings. The maximum Gasteiger partial charge on any atom is 0.260 e. The molecule has 104 valence electrons. The van der Waals surface area contributed by atoms with E-state index in [1.165, 1.54) is 0 Å². The topological polar surface area (TPSA) is 51.5 Å². The van der Waals surface area contributed by atoms with Crippen LogP contribution in [0.4, 0.5) is 5.82 Å². The van der Waals surface area contributed by atoms with E-state index in [0.717, 1.165) is 24.4 Å². The zero-order valence-corrected chi connectivity index (χ0v) is 12.1. The summed E-state index contributed by atoms with van der Waals surface area (Å²) in [5.41, 5.74) is 0.759. The van der Waals surface area contributed by atoms with Crippen LogP contribution in [0, 0.1) is 5.92 Å². The Kier molecular flexibility index (Phi) is 4.24. The number of rotatable bonds is 6. The Balaban J connectivity index is 2.31. The zero-order chi connectivity index (χ0) is 13.8. The molecule has 0 spiro atoms. The van der Waals surface area contributed by atoms with E-state index in [2.05, 4.69) is 43.0 Å². The number of aromatic nitrogens is 3. The molecule has 19 heavy (non-hydrogen) atoms. The number of imidazole rings is 1. The first-order valence-corrected chi connectivity index (χ1v) is 6.86. The van der Waals surface area contributed by atoms with Crippen molar-refractivity contribution in [1.82, 2.24) is 14.4 Å². The number of nitrogens with one attached hydrogen (secondary N) is 1. The monoisotopic (exact) mass is 262 g/mol. The van der Waals surface area contributed by atoms with E-state index >= 15 is 0 Å². The summed E-state index contributed by atoms with van der Waals surface area (Å²) in [6, 6.07) is 0. The molecule has 2 rings (SSSR count). The van der Waals surface area contributed by atoms with Gasteiger partial charge in [0.2, 0.25) is 5.65 Å². The average molecular weight is 262 g/mol. The normalized spacial score (nSPS) is 12.9. The standard InChI is InChI=1S/C14H22N4O/c1-5-6-15-12-9-18-8-7-16-13(18)14(17-12)19-11(4)10(2)3/h7-11,15H,5-6H2,1-4H3. The van der Waals surface area contributed by atoms with Crippen LogP contribution in [-0.2, 0) is 0 Å². The molecular formula is C14H22N4O. The number of anilines is 1. The molecule has 0 saturated heterocycles. The zero-order valence-electron chi connectivity index (χ0n) is 12.1. The Morgan fingerprint density at radius 3 is 2.84 bits per heavy atom. The minimum Gasteiger partial charge on any atom is -0.472 e. The molecule has 1 N–H and O–H groups in total. The molecule has 0 radical (unpaired) electrons. The molecule has 0 aliphatic carbocycles. The summed E-state index contributed by atoms with van der Waals surface area (Å²) in [4.78, 5) is 8.82. The van der Waals surface area contributed by atoms with Crippen molar-refractivity contribution >= 4 is 11.5 Å². The molecule has 5 heteroatoms. The highest BCUT2D eigenvalue weighted by atomic mass is 16.5. The molecule has 0 saturated carbocycles. The number of nitrogens with zero attached hydrogens (tertiary/aromatic N) is 3. The third-order valence-electron chi connectivity index (χ3n) is 3.14. The van der Waals surface area contributed by atoms with Gasteiger partial charge in [-0.2, -0.15) is 4.98 Å². The van der Waals surface area contributed by atoms with Crippen molar-refractivity contribution in [3.05, 3.63) is 18.6 Å². The van der Waals surface area contributed by atoms with Gasteiger partial charge in [-0.05, 0) is 19.3 Å². The van der Waals surface area contributed by atoms with Crippen LogP contribution in [-0.4, -0.2) is 27.0 Å². The molecule has 0 bridgehead atoms. The van der Waals surface area contributed by atoms with Gasteiger partial charge >= 0.3 is 0 Å². The first kappa shape index (κ1) is 13.6. The van der Waals surface area contributed by atoms with Crippen molar-refractivity contribution in [2.45, 2.75) is 40.2 Å². The van der Waals surface area contributed by atoms with Crippen LogP contribution < -0.4 is 10.1 Å². The number of hydrogen-bond donors (Lipinski definition) is 1. The minimum absolute atomic E-state index is 0.106. The third kappa shape index (κ3) is 3.16. The Hall–Kier alpha value is -1.78. The van der Waals surface area contributed by atoms with Gasteiger partial charge < -0.3 is 10.1 Å². The van der Waals surface area contributed by atoms with E-state index in [0.29, 0.717) is 11.8 Å². The Labute approximate surface area is 114 Å². The van der Waals surface area contributed by atoms with E-state index in [1.807, 2.05) is 16.8 Å². The first-order valence-electron chi connectivity index (χ1n) is 6.86. The number of hydrogen-bond acceptors (Lipinski definition) is 4. The van der Waals surface area contributed by atoms with Gasteiger partial charge in [0.15, 0.2) is 0 Å². The van der Waals surface area contributed by atoms with Gasteiger partial charge in [-0.15, -0.1) is 0 Å². The third-order valence-corrected chi connectivity index (χ3v) is 3.14. The van der Waals surface area contributed by atoms with Gasteiger partial charge in [0, 0.05) is 18.9 Å². The summed E-state index contributed by atoms with van der Waals surface area (Å²) in [7, 11) is 0. The molecule has 2 heterocycles. The molecule has 0 amide bonds. The summed E-state index contributed by atoms with van der Waals surface area (Å²) in [6.07, 6.45) is 6.76. The maximum atomic E-state index is 5.93. The van der Waals surface area contributed by atoms with Crippen molar-refractivity contribution in [2.24, 2.45) is 5.92 Å². The largest absolute Gasteiger partial charge is 0.472 e. The van der Waals surface area contributed by atoms with E-state index in [9.17, 15) is 0 Å². The molecular weight excluding hydrogens is 240 g/mol. The predicted molar refractivity (Wildman–Crippen MR) is 76.7 cm³/mol. The Morgan fingerprint density at radius 1 is 1.37 bits per heavy atom. The quantitative estimate of drug-likeness (QED) is 0.869. The van der Waals surface area contributed by atoms with Crippen LogP contribution in [0.2, 0.25) is 0 Å². The Bertz CT molecular complexity index is 535. The maximum absolute atomic E-state index is 5.93. The van der Waals surface area contributed by atoms with Gasteiger partial charge in [-0.25, -0.2) is 4.98 Å². The molecule has 5 nitrogen and oxygen atoms in total. The van der Waals surface area contributed by atoms with Crippen LogP contribution in [0.1, 0.15) is 34.1 Å². The number of fused-ring (bicyclic) bond motifs is 1. The summed E-state index contributed by atoms with van der Waals surface area (Å²) in [5.74, 6) is 1.84. The van der Waals surface area contributed by atoms with Gasteiger partial charge in [-0.1, -0.05) is 20.8 Å². The lowest BCUT2D eigenvalue weighted by atomic mass is 10.1. The minimum atomic E-state index is 0.106. The highest BCUT2D eigenvalue weighted by Crippen LogP contribution is 2.21. The lowest BCUT2D eigenvalue weighted by molar-refractivity contribution is 0.165. The van der Waals surface area contributed by atoms with E-state index in [4.69, 9.17) is 4.74 Å². The van der Waals surface area contributed by atoms with Gasteiger partial charge in [0.25, 0.3) is 5.88 Å². The molecule has 0 fully saturated rings. The molecule has 0 aliphatic heterocycles. The van der Waals surface area contributed by atoms with Gasteiger partial charge in [0.05, 0.1) is 6.20 Å². The smallest absolute Gasteiger partial charge is 0.260 e. The van der Waals surface area contributed by atoms with Gasteiger partial charge in [0.1, 0.15) is 11.9 Å². The van der Waals surface area contributed by atoms with Crippen molar-refractivity contribution in [3.63, 3.8) is 0 Å². The van der Waals surface area contributed by atoms with Crippen molar-refractivity contribution < 1.29 is 4.74 Å². The number of ether oxygens (including phenoxy) is 1. The van der Waals surface area contributed by atoms with E-state index in [1.54, 1.807) is 6.20 Å². The highest BCUT2D eigenvalue weighted by Gasteiger charge is 2.14. The lowest BCUT2D eigenvalue weighted by Crippen LogP contribution is -2.20. The van der Waals surface area contributed by atoms with Crippen molar-refractivity contribution in [2.75, 3.05) is 11.9 Å². The van der Waals surface area contributed by atoms with Crippen molar-refractivity contribution in [1.29, 1.82) is 0 Å². The first-order chi connectivity index (χ1) is 9.11. The second-order valence-corrected chi connectivity index (χ2v) is 5.08. The van der Waals surface area contributed by atoms with Crippen LogP contribution >= 0.6 is 0 Å². The lowest BCUT2D eigenvalue weighted by Gasteiger charge is -2.18. The fraction of sp³-hybridized carbons (Fsp3) is 0.571. The molecule has 2 aromatic heterocycles.